The third-order valence-electron chi connectivity index (χ3n) is 5.58. The molecule has 0 radical (unpaired) electrons. The monoisotopic (exact) mass is 416 g/mol. The molecule has 1 atom stereocenters. The van der Waals surface area contributed by atoms with Gasteiger partial charge in [0.15, 0.2) is 11.5 Å². The molecule has 31 heavy (non-hydrogen) atoms. The number of rotatable bonds is 7. The Morgan fingerprint density at radius 3 is 2.77 bits per heavy atom. The second-order valence-corrected chi connectivity index (χ2v) is 7.86. The van der Waals surface area contributed by atoms with Crippen molar-refractivity contribution in [2.24, 2.45) is 0 Å². The number of aromatic nitrogens is 2. The first kappa shape index (κ1) is 21.0. The van der Waals surface area contributed by atoms with Crippen molar-refractivity contribution in [2.45, 2.75) is 25.6 Å². The van der Waals surface area contributed by atoms with Crippen LogP contribution < -0.4 is 16.4 Å². The number of nitrogens with one attached hydrogen (secondary N) is 2. The molecule has 1 aliphatic rings. The van der Waals surface area contributed by atoms with Gasteiger partial charge in [-0.1, -0.05) is 48.5 Å². The molecule has 0 spiro atoms. The van der Waals surface area contributed by atoms with Crippen molar-refractivity contribution in [3.05, 3.63) is 77.6 Å². The van der Waals surface area contributed by atoms with Crippen LogP contribution in [0.2, 0.25) is 0 Å². The number of amides is 1. The van der Waals surface area contributed by atoms with Crippen molar-refractivity contribution in [2.75, 3.05) is 25.9 Å². The maximum absolute atomic E-state index is 12.0. The predicted molar refractivity (Wildman–Crippen MR) is 122 cm³/mol. The summed E-state index contributed by atoms with van der Waals surface area (Å²) in [6.07, 6.45) is 2.75. The van der Waals surface area contributed by atoms with Crippen molar-refractivity contribution in [3.8, 4) is 11.3 Å². The summed E-state index contributed by atoms with van der Waals surface area (Å²) in [6.45, 7) is 3.93. The summed E-state index contributed by atoms with van der Waals surface area (Å²) in [6, 6.07) is 19.2. The van der Waals surface area contributed by atoms with Gasteiger partial charge < -0.3 is 16.4 Å². The minimum atomic E-state index is -0.342. The number of benzene rings is 2. The van der Waals surface area contributed by atoms with Crippen LogP contribution in [0.15, 0.2) is 60.8 Å². The summed E-state index contributed by atoms with van der Waals surface area (Å²) in [5, 5.41) is 6.23. The molecule has 0 aliphatic carbocycles. The fourth-order valence-corrected chi connectivity index (χ4v) is 3.91. The molecular weight excluding hydrogens is 388 g/mol. The first-order valence-corrected chi connectivity index (χ1v) is 10.6. The van der Waals surface area contributed by atoms with Crippen LogP contribution in [-0.2, 0) is 13.1 Å². The number of nitrogens with two attached hydrogens (primary N) is 1. The number of anilines is 1. The summed E-state index contributed by atoms with van der Waals surface area (Å²) in [5.41, 5.74) is 10.0. The molecule has 1 saturated heterocycles. The van der Waals surface area contributed by atoms with Crippen LogP contribution in [0.1, 0.15) is 28.0 Å². The van der Waals surface area contributed by atoms with Crippen LogP contribution in [0.3, 0.4) is 0 Å². The van der Waals surface area contributed by atoms with Gasteiger partial charge in [0, 0.05) is 44.8 Å². The molecule has 1 fully saturated rings. The number of nitrogens with zero attached hydrogens (tertiary/aromatic N) is 3. The molecule has 7 heteroatoms. The van der Waals surface area contributed by atoms with E-state index in [1.807, 2.05) is 12.1 Å². The van der Waals surface area contributed by atoms with Gasteiger partial charge in [-0.3, -0.25) is 9.69 Å². The molecule has 1 aliphatic heterocycles. The van der Waals surface area contributed by atoms with Crippen molar-refractivity contribution in [1.29, 1.82) is 0 Å². The average molecular weight is 417 g/mol. The average Bonchev–Trinajstić information content (AvgIpc) is 3.25. The van der Waals surface area contributed by atoms with E-state index in [4.69, 9.17) is 5.73 Å². The lowest BCUT2D eigenvalue weighted by molar-refractivity contribution is 0.0959. The minimum Gasteiger partial charge on any atom is -0.382 e. The highest BCUT2D eigenvalue weighted by molar-refractivity contribution is 5.96. The topological polar surface area (TPSA) is 96.2 Å². The summed E-state index contributed by atoms with van der Waals surface area (Å²) < 4.78 is 0. The molecule has 1 aromatic heterocycles. The van der Waals surface area contributed by atoms with E-state index >= 15 is 0 Å². The van der Waals surface area contributed by atoms with Gasteiger partial charge in [-0.15, -0.1) is 0 Å². The van der Waals surface area contributed by atoms with Crippen molar-refractivity contribution in [3.63, 3.8) is 0 Å². The maximum Gasteiger partial charge on any atom is 0.273 e. The number of nitrogen functional groups attached to an aromatic ring is 1. The lowest BCUT2D eigenvalue weighted by atomic mass is 10.1. The van der Waals surface area contributed by atoms with Crippen LogP contribution in [0.4, 0.5) is 5.82 Å². The zero-order valence-electron chi connectivity index (χ0n) is 17.7. The van der Waals surface area contributed by atoms with Gasteiger partial charge in [0.1, 0.15) is 0 Å². The van der Waals surface area contributed by atoms with Crippen LogP contribution in [0.25, 0.3) is 11.3 Å². The van der Waals surface area contributed by atoms with E-state index in [9.17, 15) is 4.79 Å². The first-order valence-electron chi connectivity index (χ1n) is 10.6. The van der Waals surface area contributed by atoms with Crippen LogP contribution in [-0.4, -0.2) is 47.0 Å². The number of carbonyl (C=O) groups is 1. The van der Waals surface area contributed by atoms with Crippen LogP contribution in [0, 0.1) is 0 Å². The van der Waals surface area contributed by atoms with E-state index < -0.39 is 0 Å². The first-order chi connectivity index (χ1) is 15.1. The predicted octanol–water partition coefficient (Wildman–Crippen LogP) is 2.45. The van der Waals surface area contributed by atoms with Gasteiger partial charge in [-0.2, -0.15) is 0 Å². The third-order valence-corrected chi connectivity index (χ3v) is 5.58. The highest BCUT2D eigenvalue weighted by atomic mass is 16.1. The molecule has 1 amide bonds. The van der Waals surface area contributed by atoms with Crippen LogP contribution >= 0.6 is 0 Å². The van der Waals surface area contributed by atoms with E-state index in [-0.39, 0.29) is 17.4 Å². The highest BCUT2D eigenvalue weighted by Crippen LogP contribution is 2.20. The SMILES string of the molecule is CNC(=O)c1nc(-c2cccc(CN[C@H]3CCN(Cc4ccccc4)C3)c2)cnc1N. The molecule has 4 rings (SSSR count). The number of likely N-dealkylation sites (tertiary alicyclic amines) is 1. The Labute approximate surface area is 182 Å². The molecule has 160 valence electrons. The maximum atomic E-state index is 12.0. The normalized spacial score (nSPS) is 16.4. The highest BCUT2D eigenvalue weighted by Gasteiger charge is 2.22. The minimum absolute atomic E-state index is 0.127. The molecule has 2 heterocycles. The zero-order chi connectivity index (χ0) is 21.6. The Morgan fingerprint density at radius 2 is 1.97 bits per heavy atom. The summed E-state index contributed by atoms with van der Waals surface area (Å²) >= 11 is 0. The van der Waals surface area contributed by atoms with Gasteiger partial charge in [-0.25, -0.2) is 9.97 Å². The summed E-state index contributed by atoms with van der Waals surface area (Å²) in [7, 11) is 1.55. The molecule has 3 aromatic rings. The van der Waals surface area contributed by atoms with E-state index in [0.29, 0.717) is 11.7 Å². The number of carbonyl (C=O) groups excluding carboxylic acids is 1. The second-order valence-electron chi connectivity index (χ2n) is 7.86. The zero-order valence-corrected chi connectivity index (χ0v) is 17.7. The standard InChI is InChI=1S/C24H28N6O/c1-26-24(31)22-23(25)28-14-21(29-22)19-9-5-8-18(12-19)13-27-20-10-11-30(16-20)15-17-6-3-2-4-7-17/h2-9,12,14,20,27H,10-11,13,15-16H2,1H3,(H2,25,28)(H,26,31)/t20-/m0/s1. The Kier molecular flexibility index (Phi) is 6.54. The fraction of sp³-hybridized carbons (Fsp3) is 0.292. The van der Waals surface area contributed by atoms with Crippen molar-refractivity contribution < 1.29 is 4.79 Å². The molecule has 4 N–H and O–H groups in total. The van der Waals surface area contributed by atoms with Crippen molar-refractivity contribution in [1.82, 2.24) is 25.5 Å². The third kappa shape index (κ3) is 5.25. The molecular formula is C24H28N6O. The van der Waals surface area contributed by atoms with Gasteiger partial charge >= 0.3 is 0 Å². The largest absolute Gasteiger partial charge is 0.382 e. The molecule has 7 nitrogen and oxygen atoms in total. The molecule has 0 bridgehead atoms. The van der Waals surface area contributed by atoms with E-state index in [1.54, 1.807) is 13.2 Å². The molecule has 0 saturated carbocycles. The summed E-state index contributed by atoms with van der Waals surface area (Å²) in [4.78, 5) is 23.0. The van der Waals surface area contributed by atoms with E-state index in [2.05, 4.69) is 68.0 Å². The Balaban J connectivity index is 1.37. The Hall–Kier alpha value is -3.29. The quantitative estimate of drug-likeness (QED) is 0.548. The Bertz CT molecular complexity index is 1040. The van der Waals surface area contributed by atoms with Crippen molar-refractivity contribution >= 4 is 11.7 Å². The smallest absolute Gasteiger partial charge is 0.273 e. The number of hydrogen-bond acceptors (Lipinski definition) is 6. The Morgan fingerprint density at radius 1 is 1.16 bits per heavy atom. The van der Waals surface area contributed by atoms with Gasteiger partial charge in [0.2, 0.25) is 0 Å². The van der Waals surface area contributed by atoms with E-state index in [0.717, 1.165) is 38.2 Å². The fourth-order valence-electron chi connectivity index (χ4n) is 3.91. The van der Waals surface area contributed by atoms with E-state index in [1.165, 1.54) is 11.1 Å². The lowest BCUT2D eigenvalue weighted by Gasteiger charge is -2.17. The van der Waals surface area contributed by atoms with Gasteiger partial charge in [-0.05, 0) is 23.6 Å². The van der Waals surface area contributed by atoms with Gasteiger partial charge in [0.25, 0.3) is 5.91 Å². The molecule has 2 aromatic carbocycles. The molecule has 0 unspecified atom stereocenters. The van der Waals surface area contributed by atoms with Crippen LogP contribution in [0.5, 0.6) is 0 Å². The second kappa shape index (κ2) is 9.68. The lowest BCUT2D eigenvalue weighted by Crippen LogP contribution is -2.31. The summed E-state index contributed by atoms with van der Waals surface area (Å²) in [5.74, 6) is -0.215. The number of hydrogen-bond donors (Lipinski definition) is 3. The van der Waals surface area contributed by atoms with Gasteiger partial charge in [0.05, 0.1) is 11.9 Å².